The van der Waals surface area contributed by atoms with Crippen molar-refractivity contribution in [1.82, 2.24) is 0 Å². The molecule has 0 bridgehead atoms. The second-order valence-electron chi connectivity index (χ2n) is 18.9. The quantitative estimate of drug-likeness (QED) is 0.0282. The van der Waals surface area contributed by atoms with E-state index >= 15 is 0 Å². The van der Waals surface area contributed by atoms with E-state index in [1.807, 2.05) is 56.4 Å². The lowest BCUT2D eigenvalue weighted by Crippen LogP contribution is -2.33. The van der Waals surface area contributed by atoms with E-state index in [0.29, 0.717) is 182 Å². The molecule has 0 saturated heterocycles. The van der Waals surface area contributed by atoms with Gasteiger partial charge in [-0.05, 0) is 81.5 Å². The van der Waals surface area contributed by atoms with Crippen LogP contribution in [-0.2, 0) is 88.0 Å². The van der Waals surface area contributed by atoms with Gasteiger partial charge in [-0.2, -0.15) is 21.4 Å². The molecule has 2 heterocycles. The van der Waals surface area contributed by atoms with E-state index in [4.69, 9.17) is 52.1 Å². The summed E-state index contributed by atoms with van der Waals surface area (Å²) < 4.78 is 133. The molecular formula is C56H85N2O19S2+. The highest BCUT2D eigenvalue weighted by Gasteiger charge is 2.48. The van der Waals surface area contributed by atoms with E-state index in [2.05, 4.69) is 9.48 Å². The molecule has 444 valence electrons. The van der Waals surface area contributed by atoms with Gasteiger partial charge in [0.25, 0.3) is 20.2 Å². The highest BCUT2D eigenvalue weighted by atomic mass is 32.2. The number of ether oxygens (including phenoxy) is 11. The molecule has 0 aromatic heterocycles. The van der Waals surface area contributed by atoms with Gasteiger partial charge in [-0.25, -0.2) is 0 Å². The van der Waals surface area contributed by atoms with Crippen molar-refractivity contribution in [2.75, 3.05) is 165 Å². The number of unbranched alkanes of at least 4 members (excludes halogenated alkanes) is 2. The number of carbonyl (C=O) groups is 1. The lowest BCUT2D eigenvalue weighted by molar-refractivity contribution is -0.438. The summed E-state index contributed by atoms with van der Waals surface area (Å²) in [5.74, 6) is -0.861. The first-order valence-electron chi connectivity index (χ1n) is 26.7. The minimum absolute atomic E-state index is 0.0536. The number of aliphatic carboxylic acids is 1. The van der Waals surface area contributed by atoms with Crippen molar-refractivity contribution in [2.24, 2.45) is 0 Å². The Labute approximate surface area is 467 Å². The monoisotopic (exact) mass is 1150 g/mol. The fourth-order valence-electron chi connectivity index (χ4n) is 9.14. The van der Waals surface area contributed by atoms with E-state index in [1.54, 1.807) is 33.5 Å². The average Bonchev–Trinajstić information content (AvgIpc) is 3.62. The van der Waals surface area contributed by atoms with Gasteiger partial charge >= 0.3 is 5.97 Å². The first kappa shape index (κ1) is 67.2. The van der Waals surface area contributed by atoms with Crippen LogP contribution in [0.15, 0.2) is 94.4 Å². The Morgan fingerprint density at radius 3 is 1.48 bits per heavy atom. The maximum Gasteiger partial charge on any atom is 0.303 e. The van der Waals surface area contributed by atoms with Crippen LogP contribution in [0.4, 0.5) is 11.4 Å². The van der Waals surface area contributed by atoms with Crippen LogP contribution in [0, 0.1) is 0 Å². The van der Waals surface area contributed by atoms with E-state index in [-0.39, 0.29) is 16.2 Å². The minimum Gasteiger partial charge on any atom is -0.481 e. The number of methoxy groups -OCH3 is 3. The van der Waals surface area contributed by atoms with Crippen LogP contribution in [0.2, 0.25) is 0 Å². The third kappa shape index (κ3) is 22.5. The zero-order valence-corrected chi connectivity index (χ0v) is 48.3. The molecule has 21 nitrogen and oxygen atoms in total. The van der Waals surface area contributed by atoms with Gasteiger partial charge in [-0.3, -0.25) is 13.9 Å². The molecule has 2 aliphatic rings. The van der Waals surface area contributed by atoms with Crippen molar-refractivity contribution < 1.29 is 92.5 Å². The van der Waals surface area contributed by atoms with Crippen LogP contribution in [0.5, 0.6) is 0 Å². The molecule has 23 heteroatoms. The summed E-state index contributed by atoms with van der Waals surface area (Å²) in [7, 11) is -4.21. The van der Waals surface area contributed by atoms with Crippen LogP contribution < -0.4 is 4.90 Å². The number of rotatable bonds is 45. The van der Waals surface area contributed by atoms with Crippen LogP contribution in [0.1, 0.15) is 63.5 Å². The third-order valence-corrected chi connectivity index (χ3v) is 15.0. The molecule has 2 atom stereocenters. The number of hydrogen-bond acceptors (Lipinski definition) is 17. The Kier molecular flexibility index (Phi) is 30.8. The Morgan fingerprint density at radius 1 is 0.544 bits per heavy atom. The second-order valence-corrected chi connectivity index (χ2v) is 21.8. The number of hydrogen-bond donors (Lipinski definition) is 3. The van der Waals surface area contributed by atoms with Crippen molar-refractivity contribution in [3.8, 4) is 0 Å². The minimum atomic E-state index is -4.54. The fourth-order valence-corrected chi connectivity index (χ4v) is 10.2. The lowest BCUT2D eigenvalue weighted by atomic mass is 9.76. The number of carboxylic acids is 1. The summed E-state index contributed by atoms with van der Waals surface area (Å²) in [6.45, 7) is 12.8. The van der Waals surface area contributed by atoms with Gasteiger partial charge in [0.15, 0.2) is 5.71 Å². The molecule has 0 aliphatic carbocycles. The third-order valence-electron chi connectivity index (χ3n) is 13.3. The van der Waals surface area contributed by atoms with Gasteiger partial charge in [0.1, 0.15) is 6.54 Å². The van der Waals surface area contributed by atoms with E-state index in [1.165, 1.54) is 24.3 Å². The Bertz CT molecular complexity index is 2530. The number of anilines is 1. The van der Waals surface area contributed by atoms with Crippen molar-refractivity contribution in [2.45, 2.75) is 73.0 Å². The smallest absolute Gasteiger partial charge is 0.303 e. The summed E-state index contributed by atoms with van der Waals surface area (Å²) in [6, 6.07) is 9.20. The van der Waals surface area contributed by atoms with Gasteiger partial charge in [0.05, 0.1) is 128 Å². The predicted octanol–water partition coefficient (Wildman–Crippen LogP) is 6.36. The normalized spacial score (nSPS) is 18.2. The first-order valence-corrected chi connectivity index (χ1v) is 29.6. The summed E-state index contributed by atoms with van der Waals surface area (Å²) >= 11 is 0. The number of benzene rings is 2. The Balaban J connectivity index is 1.53. The first-order chi connectivity index (χ1) is 38.0. The molecule has 2 aromatic carbocycles. The summed E-state index contributed by atoms with van der Waals surface area (Å²) in [6.07, 6.45) is 16.1. The molecule has 79 heavy (non-hydrogen) atoms. The molecular weight excluding hydrogens is 1070 g/mol. The molecule has 0 fully saturated rings. The molecule has 0 spiro atoms. The molecule has 2 aliphatic heterocycles. The fraction of sp³-hybridized carbons (Fsp3) is 0.607. The summed E-state index contributed by atoms with van der Waals surface area (Å²) in [5, 5.41) is 9.26. The summed E-state index contributed by atoms with van der Waals surface area (Å²) in [5.41, 5.74) is 3.16. The molecule has 2 unspecified atom stereocenters. The van der Waals surface area contributed by atoms with Crippen LogP contribution in [0.3, 0.4) is 0 Å². The maximum absolute atomic E-state index is 12.5. The van der Waals surface area contributed by atoms with Crippen molar-refractivity contribution in [3.63, 3.8) is 0 Å². The topological polar surface area (TPSA) is 254 Å². The lowest BCUT2D eigenvalue weighted by Gasteiger charge is -2.30. The van der Waals surface area contributed by atoms with E-state index in [9.17, 15) is 35.8 Å². The number of allylic oxidation sites excluding steroid dienone is 8. The van der Waals surface area contributed by atoms with Crippen molar-refractivity contribution in [1.29, 1.82) is 0 Å². The predicted molar refractivity (Wildman–Crippen MR) is 297 cm³/mol. The highest BCUT2D eigenvalue weighted by Crippen LogP contribution is 2.51. The maximum atomic E-state index is 12.5. The Morgan fingerprint density at radius 2 is 0.987 bits per heavy atom. The van der Waals surface area contributed by atoms with Crippen LogP contribution in [-0.4, -0.2) is 207 Å². The number of carboxylic acid groups (broad SMARTS) is 1. The van der Waals surface area contributed by atoms with E-state index < -0.39 is 37.0 Å². The standard InChI is InChI=1S/C56H84N2O19S2/c1-55(21-25-70-32-34-74-40-42-76-38-36-72-30-28-68-4)48-44-46(78(61,62)63)17-19-50(48)57(23-13-9-12-16-54(59)60)52(55)14-10-7-6-8-11-15-53-56(2,22-26-71-33-35-75-41-43-77-39-37-73-31-29-69-5)49-45-47(79(64,65)66)18-20-51(49)58(53)24-27-67-3/h6-8,10-11,14-15,17-20,44-45H,9,12-13,16,21-43H2,1-5H3,(H2-,59,60,61,62,63,64,65,66)/p+1. The molecule has 0 radical (unpaired) electrons. The van der Waals surface area contributed by atoms with Gasteiger partial charge in [-0.15, -0.1) is 0 Å². The number of fused-ring (bicyclic) bond motifs is 2. The largest absolute Gasteiger partial charge is 0.481 e. The van der Waals surface area contributed by atoms with Gasteiger partial charge in [0.2, 0.25) is 5.69 Å². The van der Waals surface area contributed by atoms with Crippen LogP contribution in [0.25, 0.3) is 0 Å². The molecule has 0 saturated carbocycles. The van der Waals surface area contributed by atoms with Crippen LogP contribution >= 0.6 is 0 Å². The van der Waals surface area contributed by atoms with E-state index in [0.717, 1.165) is 22.8 Å². The van der Waals surface area contributed by atoms with Crippen molar-refractivity contribution in [3.05, 3.63) is 95.8 Å². The van der Waals surface area contributed by atoms with Gasteiger partial charge in [0, 0.05) is 88.4 Å². The summed E-state index contributed by atoms with van der Waals surface area (Å²) in [4.78, 5) is 12.9. The average molecular weight is 1150 g/mol. The second kappa shape index (κ2) is 36.2. The molecule has 2 aromatic rings. The molecule has 0 amide bonds. The van der Waals surface area contributed by atoms with Gasteiger partial charge in [-0.1, -0.05) is 30.4 Å². The molecule has 4 rings (SSSR count). The number of nitrogens with zero attached hydrogens (tertiary/aromatic N) is 2. The SMILES string of the molecule is COCCOCCOCCOCCOCCC1(C)C(/C=C/C=C/C=C/C=C2/N(CCOC)c3ccc(S(=O)(=O)O)cc3C2(C)CCOCCOCCOCCOCCOC)=[N+](CCCCCC(=O)O)c2ccc(S(=O)(=O)O)cc21. The zero-order valence-electron chi connectivity index (χ0n) is 46.7. The van der Waals surface area contributed by atoms with Gasteiger partial charge < -0.3 is 62.1 Å². The Hall–Kier alpha value is -4.28. The highest BCUT2D eigenvalue weighted by molar-refractivity contribution is 7.86. The molecule has 3 N–H and O–H groups in total. The zero-order chi connectivity index (χ0) is 57.4. The van der Waals surface area contributed by atoms with Crippen molar-refractivity contribution >= 4 is 43.3 Å².